The summed E-state index contributed by atoms with van der Waals surface area (Å²) in [6.07, 6.45) is 3.87. The molecule has 6 heteroatoms. The number of aromatic nitrogens is 1. The molecule has 5 nitrogen and oxygen atoms in total. The zero-order chi connectivity index (χ0) is 17.4. The van der Waals surface area contributed by atoms with Crippen molar-refractivity contribution < 1.29 is 18.4 Å². The maximum atomic E-state index is 13.0. The van der Waals surface area contributed by atoms with Gasteiger partial charge in [0.1, 0.15) is 23.9 Å². The summed E-state index contributed by atoms with van der Waals surface area (Å²) >= 11 is 0. The highest BCUT2D eigenvalue weighted by atomic mass is 19.1. The first-order valence-electron chi connectivity index (χ1n) is 8.82. The van der Waals surface area contributed by atoms with Crippen molar-refractivity contribution in [2.75, 3.05) is 6.61 Å². The molecule has 1 saturated heterocycles. The van der Waals surface area contributed by atoms with E-state index >= 15 is 0 Å². The molecule has 2 fully saturated rings. The number of carbonyl (C=O) groups excluding carboxylic acids is 1. The molecule has 1 amide bonds. The van der Waals surface area contributed by atoms with Crippen molar-refractivity contribution in [2.45, 2.75) is 44.7 Å². The number of likely N-dealkylation sites (tertiary alicyclic amines) is 1. The second-order valence-corrected chi connectivity index (χ2v) is 6.80. The Bertz CT molecular complexity index is 758. The van der Waals surface area contributed by atoms with Crippen LogP contribution in [0.5, 0.6) is 5.75 Å². The number of benzene rings is 1. The maximum absolute atomic E-state index is 13.0. The van der Waals surface area contributed by atoms with Gasteiger partial charge in [0.25, 0.3) is 5.91 Å². The number of carbonyl (C=O) groups is 1. The number of hydrogen-bond acceptors (Lipinski definition) is 4. The number of aryl methyl sites for hydroxylation is 1. The van der Waals surface area contributed by atoms with E-state index < -0.39 is 0 Å². The quantitative estimate of drug-likeness (QED) is 0.834. The van der Waals surface area contributed by atoms with Crippen LogP contribution in [0.1, 0.15) is 42.4 Å². The Hall–Kier alpha value is -2.37. The monoisotopic (exact) mass is 344 g/mol. The highest BCUT2D eigenvalue weighted by Gasteiger charge is 2.49. The van der Waals surface area contributed by atoms with Crippen LogP contribution in [-0.4, -0.2) is 34.7 Å². The molecule has 1 aliphatic heterocycles. The second-order valence-electron chi connectivity index (χ2n) is 6.80. The van der Waals surface area contributed by atoms with Crippen molar-refractivity contribution in [2.24, 2.45) is 5.92 Å². The summed E-state index contributed by atoms with van der Waals surface area (Å²) in [5.41, 5.74) is 0.371. The Morgan fingerprint density at radius 3 is 2.88 bits per heavy atom. The lowest BCUT2D eigenvalue weighted by Crippen LogP contribution is -2.47. The summed E-state index contributed by atoms with van der Waals surface area (Å²) in [5.74, 6) is 1.41. The molecule has 2 heterocycles. The van der Waals surface area contributed by atoms with Gasteiger partial charge in [-0.05, 0) is 49.4 Å². The van der Waals surface area contributed by atoms with E-state index in [1.54, 1.807) is 18.2 Å². The van der Waals surface area contributed by atoms with Gasteiger partial charge in [0.2, 0.25) is 0 Å². The summed E-state index contributed by atoms with van der Waals surface area (Å²) in [5, 5.41) is 3.93. The van der Waals surface area contributed by atoms with Crippen molar-refractivity contribution in [3.63, 3.8) is 0 Å². The molecular weight excluding hydrogens is 323 g/mol. The van der Waals surface area contributed by atoms with E-state index in [-0.39, 0.29) is 23.8 Å². The van der Waals surface area contributed by atoms with E-state index in [1.165, 1.54) is 12.1 Å². The summed E-state index contributed by atoms with van der Waals surface area (Å²) in [7, 11) is 0. The molecule has 0 N–H and O–H groups in total. The highest BCUT2D eigenvalue weighted by Crippen LogP contribution is 2.43. The minimum atomic E-state index is -0.290. The lowest BCUT2D eigenvalue weighted by Gasteiger charge is -2.34. The van der Waals surface area contributed by atoms with E-state index in [4.69, 9.17) is 9.26 Å². The van der Waals surface area contributed by atoms with Gasteiger partial charge in [-0.2, -0.15) is 0 Å². The fourth-order valence-electron chi connectivity index (χ4n) is 4.05. The van der Waals surface area contributed by atoms with Gasteiger partial charge in [-0.3, -0.25) is 4.79 Å². The molecule has 1 aromatic heterocycles. The van der Waals surface area contributed by atoms with Crippen molar-refractivity contribution in [1.82, 2.24) is 10.1 Å². The van der Waals surface area contributed by atoms with E-state index in [2.05, 4.69) is 5.16 Å². The van der Waals surface area contributed by atoms with Crippen LogP contribution in [0.15, 0.2) is 34.9 Å². The predicted molar refractivity (Wildman–Crippen MR) is 88.9 cm³/mol. The molecule has 2 aliphatic rings. The number of rotatable bonds is 5. The van der Waals surface area contributed by atoms with Crippen LogP contribution in [0.3, 0.4) is 0 Å². The Labute approximate surface area is 145 Å². The van der Waals surface area contributed by atoms with Crippen molar-refractivity contribution in [3.05, 3.63) is 47.6 Å². The molecule has 1 aromatic carbocycles. The number of piperidine rings is 1. The number of halogens is 1. The lowest BCUT2D eigenvalue weighted by molar-refractivity contribution is 0.0496. The standard InChI is InChI=1S/C19H21FN2O3/c1-2-15-10-17(21-25-15)19(23)22-14-6-3-12(9-14)18(22)11-24-16-7-4-13(20)5-8-16/h4-5,7-8,10,12,14,18H,2-3,6,9,11H2,1H3/t12?,14?,18-/m0/s1. The maximum Gasteiger partial charge on any atom is 0.276 e. The lowest BCUT2D eigenvalue weighted by atomic mass is 9.99. The van der Waals surface area contributed by atoms with E-state index in [1.807, 2.05) is 11.8 Å². The normalized spacial score (nSPS) is 24.7. The van der Waals surface area contributed by atoms with Crippen LogP contribution in [0.4, 0.5) is 4.39 Å². The molecule has 2 unspecified atom stereocenters. The SMILES string of the molecule is CCc1cc(C(=O)N2C3CCC(C3)[C@@H]2COc2ccc(F)cc2)no1. The molecule has 0 spiro atoms. The predicted octanol–water partition coefficient (Wildman–Crippen LogP) is 3.45. The van der Waals surface area contributed by atoms with Gasteiger partial charge in [0.05, 0.1) is 6.04 Å². The van der Waals surface area contributed by atoms with Crippen LogP contribution in [-0.2, 0) is 6.42 Å². The van der Waals surface area contributed by atoms with Gasteiger partial charge >= 0.3 is 0 Å². The summed E-state index contributed by atoms with van der Waals surface area (Å²) in [4.78, 5) is 14.9. The van der Waals surface area contributed by atoms with Crippen LogP contribution in [0.2, 0.25) is 0 Å². The summed E-state index contributed by atoms with van der Waals surface area (Å²) in [6, 6.07) is 7.98. The minimum absolute atomic E-state index is 0.0260. The smallest absolute Gasteiger partial charge is 0.276 e. The van der Waals surface area contributed by atoms with E-state index in [0.29, 0.717) is 36.1 Å². The number of amides is 1. The molecule has 0 radical (unpaired) electrons. The van der Waals surface area contributed by atoms with Crippen molar-refractivity contribution >= 4 is 5.91 Å². The van der Waals surface area contributed by atoms with E-state index in [0.717, 1.165) is 19.3 Å². The van der Waals surface area contributed by atoms with Crippen LogP contribution >= 0.6 is 0 Å². The summed E-state index contributed by atoms with van der Waals surface area (Å²) < 4.78 is 24.0. The van der Waals surface area contributed by atoms with Gasteiger partial charge in [0.15, 0.2) is 5.69 Å². The molecule has 2 aromatic rings. The van der Waals surface area contributed by atoms with Crippen LogP contribution in [0.25, 0.3) is 0 Å². The second kappa shape index (κ2) is 6.50. The third-order valence-corrected chi connectivity index (χ3v) is 5.34. The Morgan fingerprint density at radius 1 is 1.36 bits per heavy atom. The molecule has 1 aliphatic carbocycles. The minimum Gasteiger partial charge on any atom is -0.491 e. The number of hydrogen-bond donors (Lipinski definition) is 0. The molecule has 132 valence electrons. The Balaban J connectivity index is 1.49. The topological polar surface area (TPSA) is 55.6 Å². The van der Waals surface area contributed by atoms with Gasteiger partial charge < -0.3 is 14.2 Å². The zero-order valence-corrected chi connectivity index (χ0v) is 14.2. The third kappa shape index (κ3) is 3.01. The molecule has 4 rings (SSSR count). The first-order valence-corrected chi connectivity index (χ1v) is 8.82. The zero-order valence-electron chi connectivity index (χ0n) is 14.2. The number of ether oxygens (including phenoxy) is 1. The fourth-order valence-corrected chi connectivity index (χ4v) is 4.05. The first kappa shape index (κ1) is 16.1. The Kier molecular flexibility index (Phi) is 4.19. The third-order valence-electron chi connectivity index (χ3n) is 5.34. The molecule has 25 heavy (non-hydrogen) atoms. The number of fused-ring (bicyclic) bond motifs is 2. The highest BCUT2D eigenvalue weighted by molar-refractivity contribution is 5.93. The molecule has 2 bridgehead atoms. The van der Waals surface area contributed by atoms with Gasteiger partial charge in [-0.15, -0.1) is 0 Å². The number of nitrogens with zero attached hydrogens (tertiary/aromatic N) is 2. The fraction of sp³-hybridized carbons (Fsp3) is 0.474. The average Bonchev–Trinajstić information content (AvgIpc) is 3.35. The van der Waals surface area contributed by atoms with Crippen molar-refractivity contribution in [1.29, 1.82) is 0 Å². The first-order chi connectivity index (χ1) is 12.2. The van der Waals surface area contributed by atoms with Gasteiger partial charge in [-0.1, -0.05) is 12.1 Å². The van der Waals surface area contributed by atoms with Gasteiger partial charge in [-0.25, -0.2) is 4.39 Å². The van der Waals surface area contributed by atoms with Gasteiger partial charge in [0, 0.05) is 18.5 Å². The molecular formula is C19H21FN2O3. The Morgan fingerprint density at radius 2 is 2.16 bits per heavy atom. The largest absolute Gasteiger partial charge is 0.491 e. The molecule has 3 atom stereocenters. The van der Waals surface area contributed by atoms with E-state index in [9.17, 15) is 9.18 Å². The average molecular weight is 344 g/mol. The van der Waals surface area contributed by atoms with Crippen LogP contribution < -0.4 is 4.74 Å². The molecule has 1 saturated carbocycles. The van der Waals surface area contributed by atoms with Crippen LogP contribution in [0, 0.1) is 11.7 Å². The van der Waals surface area contributed by atoms with Crippen molar-refractivity contribution in [3.8, 4) is 5.75 Å². The summed E-state index contributed by atoms with van der Waals surface area (Å²) in [6.45, 7) is 2.38.